The summed E-state index contributed by atoms with van der Waals surface area (Å²) in [6.07, 6.45) is 8.12. The second-order valence-corrected chi connectivity index (χ2v) is 11.1. The van der Waals surface area contributed by atoms with Gasteiger partial charge in [0, 0.05) is 17.2 Å². The molecule has 1 aromatic carbocycles. The zero-order valence-corrected chi connectivity index (χ0v) is 20.3. The van der Waals surface area contributed by atoms with Gasteiger partial charge in [0.25, 0.3) is 0 Å². The minimum atomic E-state index is -3.94. The molecule has 0 amide bonds. The van der Waals surface area contributed by atoms with Crippen molar-refractivity contribution in [3.05, 3.63) is 99.4 Å². The molecule has 0 saturated carbocycles. The number of hydrogen-bond acceptors (Lipinski definition) is 6. The van der Waals surface area contributed by atoms with Crippen molar-refractivity contribution in [2.45, 2.75) is 17.7 Å². The Morgan fingerprint density at radius 3 is 2.79 bits per heavy atom. The van der Waals surface area contributed by atoms with Crippen molar-refractivity contribution in [1.82, 2.24) is 14.6 Å². The van der Waals surface area contributed by atoms with Gasteiger partial charge < -0.3 is 0 Å². The zero-order chi connectivity index (χ0) is 24.1. The van der Waals surface area contributed by atoms with Gasteiger partial charge in [-0.2, -0.15) is 5.10 Å². The molecular formula is C24H19ClN4O3S2. The molecule has 10 heteroatoms. The SMILES string of the molecule is CC1(c2cccc(-c3ccnc4c(C(=O)c5cccs5)cnn34)c2)C=CC=C(S(N)(=O)=O)C1Cl. The number of nitrogens with two attached hydrogens (primary N) is 1. The standard InChI is InChI=1S/C24H19ClN4O3S2/c1-24(10-3-8-20(22(24)25)34(26,31)32)16-6-2-5-15(13-16)18-9-11-27-23-17(14-28-29(18)23)21(30)19-7-4-12-33-19/h2-14,22H,1H3,(H2,26,31,32). The highest BCUT2D eigenvalue weighted by atomic mass is 35.5. The van der Waals surface area contributed by atoms with Crippen LogP contribution in [0.15, 0.2) is 83.4 Å². The molecule has 34 heavy (non-hydrogen) atoms. The Morgan fingerprint density at radius 1 is 1.24 bits per heavy atom. The number of halogens is 1. The molecule has 0 aliphatic heterocycles. The van der Waals surface area contributed by atoms with E-state index in [1.165, 1.54) is 23.6 Å². The van der Waals surface area contributed by atoms with E-state index in [-0.39, 0.29) is 10.7 Å². The molecule has 2 atom stereocenters. The van der Waals surface area contributed by atoms with Gasteiger partial charge in [-0.25, -0.2) is 23.1 Å². The lowest BCUT2D eigenvalue weighted by atomic mass is 9.76. The van der Waals surface area contributed by atoms with Crippen LogP contribution in [0.1, 0.15) is 27.7 Å². The number of carbonyl (C=O) groups is 1. The van der Waals surface area contributed by atoms with Crippen molar-refractivity contribution in [1.29, 1.82) is 0 Å². The average molecular weight is 511 g/mol. The maximum Gasteiger partial charge on any atom is 0.235 e. The maximum atomic E-state index is 12.9. The van der Waals surface area contributed by atoms with E-state index in [0.29, 0.717) is 16.1 Å². The smallest absolute Gasteiger partial charge is 0.235 e. The van der Waals surface area contributed by atoms with Crippen LogP contribution in [0.4, 0.5) is 0 Å². The summed E-state index contributed by atoms with van der Waals surface area (Å²) >= 11 is 8.01. The molecule has 7 nitrogen and oxygen atoms in total. The average Bonchev–Trinajstić information content (AvgIpc) is 3.50. The van der Waals surface area contributed by atoms with Gasteiger partial charge in [0.1, 0.15) is 0 Å². The number of alkyl halides is 1. The van der Waals surface area contributed by atoms with Crippen LogP contribution in [0.5, 0.6) is 0 Å². The lowest BCUT2D eigenvalue weighted by molar-refractivity contribution is 0.104. The summed E-state index contributed by atoms with van der Waals surface area (Å²) in [6, 6.07) is 13.0. The van der Waals surface area contributed by atoms with E-state index in [1.807, 2.05) is 54.8 Å². The van der Waals surface area contributed by atoms with Crippen LogP contribution in [-0.4, -0.2) is 34.2 Å². The van der Waals surface area contributed by atoms with Gasteiger partial charge in [-0.1, -0.05) is 43.3 Å². The highest BCUT2D eigenvalue weighted by Crippen LogP contribution is 2.41. The number of hydrogen-bond donors (Lipinski definition) is 1. The first-order valence-corrected chi connectivity index (χ1v) is 13.1. The number of fused-ring (bicyclic) bond motifs is 1. The van der Waals surface area contributed by atoms with Crippen molar-refractivity contribution in [3.63, 3.8) is 0 Å². The normalized spacial score (nSPS) is 20.4. The van der Waals surface area contributed by atoms with E-state index in [2.05, 4.69) is 10.1 Å². The zero-order valence-electron chi connectivity index (χ0n) is 17.9. The van der Waals surface area contributed by atoms with E-state index < -0.39 is 20.8 Å². The largest absolute Gasteiger partial charge is 0.287 e. The molecule has 2 unspecified atom stereocenters. The molecule has 0 bridgehead atoms. The van der Waals surface area contributed by atoms with Crippen LogP contribution < -0.4 is 5.14 Å². The molecule has 0 fully saturated rings. The van der Waals surface area contributed by atoms with Gasteiger partial charge in [0.15, 0.2) is 5.65 Å². The minimum Gasteiger partial charge on any atom is -0.287 e. The number of sulfonamides is 1. The topological polar surface area (TPSA) is 107 Å². The third-order valence-electron chi connectivity index (χ3n) is 5.98. The number of nitrogens with zero attached hydrogens (tertiary/aromatic N) is 3. The first kappa shape index (κ1) is 22.7. The van der Waals surface area contributed by atoms with Crippen LogP contribution in [-0.2, 0) is 15.4 Å². The van der Waals surface area contributed by atoms with Crippen molar-refractivity contribution in [2.75, 3.05) is 0 Å². The Labute approximate surface area is 205 Å². The molecule has 0 saturated heterocycles. The van der Waals surface area contributed by atoms with Crippen LogP contribution in [0.3, 0.4) is 0 Å². The number of carbonyl (C=O) groups excluding carboxylic acids is 1. The highest BCUT2D eigenvalue weighted by Gasteiger charge is 2.40. The fourth-order valence-electron chi connectivity index (χ4n) is 4.11. The number of allylic oxidation sites excluding steroid dienone is 4. The summed E-state index contributed by atoms with van der Waals surface area (Å²) in [7, 11) is -3.94. The molecule has 4 aromatic rings. The maximum absolute atomic E-state index is 12.9. The Bertz CT molecular complexity index is 1590. The van der Waals surface area contributed by atoms with Gasteiger partial charge in [0.05, 0.1) is 32.6 Å². The number of primary sulfonamides is 1. The molecule has 0 radical (unpaired) electrons. The van der Waals surface area contributed by atoms with E-state index >= 15 is 0 Å². The molecule has 0 spiro atoms. The third-order valence-corrected chi connectivity index (χ3v) is 8.69. The number of rotatable bonds is 5. The number of ketones is 1. The second kappa shape index (κ2) is 8.28. The van der Waals surface area contributed by atoms with Crippen LogP contribution in [0.2, 0.25) is 0 Å². The number of thiophene rings is 1. The molecule has 1 aliphatic rings. The first-order chi connectivity index (χ1) is 16.2. The van der Waals surface area contributed by atoms with Gasteiger partial charge in [-0.05, 0) is 35.2 Å². The fourth-order valence-corrected chi connectivity index (χ4v) is 6.24. The Kier molecular flexibility index (Phi) is 5.52. The van der Waals surface area contributed by atoms with E-state index in [4.69, 9.17) is 16.7 Å². The van der Waals surface area contributed by atoms with Gasteiger partial charge in [-0.15, -0.1) is 22.9 Å². The monoisotopic (exact) mass is 510 g/mol. The second-order valence-electron chi connectivity index (χ2n) is 8.13. The van der Waals surface area contributed by atoms with Crippen LogP contribution in [0.25, 0.3) is 16.9 Å². The summed E-state index contributed by atoms with van der Waals surface area (Å²) in [5.74, 6) is -0.129. The number of aromatic nitrogens is 3. The van der Waals surface area contributed by atoms with Gasteiger partial charge in [-0.3, -0.25) is 4.79 Å². The molecule has 5 rings (SSSR count). The van der Waals surface area contributed by atoms with Crippen LogP contribution >= 0.6 is 22.9 Å². The van der Waals surface area contributed by atoms with Crippen molar-refractivity contribution in [2.24, 2.45) is 5.14 Å². The molecule has 3 aromatic heterocycles. The highest BCUT2D eigenvalue weighted by molar-refractivity contribution is 7.93. The molecule has 2 N–H and O–H groups in total. The van der Waals surface area contributed by atoms with Gasteiger partial charge in [0.2, 0.25) is 15.8 Å². The molecule has 1 aliphatic carbocycles. The summed E-state index contributed by atoms with van der Waals surface area (Å²) in [6.45, 7) is 1.87. The summed E-state index contributed by atoms with van der Waals surface area (Å²) in [5, 5.41) is 10.8. The van der Waals surface area contributed by atoms with E-state index in [0.717, 1.165) is 16.8 Å². The van der Waals surface area contributed by atoms with Crippen molar-refractivity contribution < 1.29 is 13.2 Å². The molecule has 3 heterocycles. The quantitative estimate of drug-likeness (QED) is 0.318. The third kappa shape index (κ3) is 3.70. The van der Waals surface area contributed by atoms with Crippen LogP contribution in [0, 0.1) is 0 Å². The van der Waals surface area contributed by atoms with E-state index in [9.17, 15) is 13.2 Å². The summed E-state index contributed by atoms with van der Waals surface area (Å²) < 4.78 is 25.7. The Hall–Kier alpha value is -3.11. The van der Waals surface area contributed by atoms with E-state index in [1.54, 1.807) is 22.9 Å². The van der Waals surface area contributed by atoms with Crippen molar-refractivity contribution >= 4 is 44.4 Å². The molecular weight excluding hydrogens is 492 g/mol. The minimum absolute atomic E-state index is 0.0281. The summed E-state index contributed by atoms with van der Waals surface area (Å²) in [5.41, 5.74) is 2.42. The molecule has 172 valence electrons. The first-order valence-electron chi connectivity index (χ1n) is 10.3. The van der Waals surface area contributed by atoms with Gasteiger partial charge >= 0.3 is 0 Å². The Morgan fingerprint density at radius 2 is 2.06 bits per heavy atom. The lowest BCUT2D eigenvalue weighted by Gasteiger charge is -2.35. The van der Waals surface area contributed by atoms with Crippen molar-refractivity contribution in [3.8, 4) is 11.3 Å². The fraction of sp³-hybridized carbons (Fsp3) is 0.125. The predicted octanol–water partition coefficient (Wildman–Crippen LogP) is 4.30. The predicted molar refractivity (Wildman–Crippen MR) is 133 cm³/mol. The number of benzene rings is 1. The lowest BCUT2D eigenvalue weighted by Crippen LogP contribution is -2.38. The Balaban J connectivity index is 1.58. The summed E-state index contributed by atoms with van der Waals surface area (Å²) in [4.78, 5) is 17.9.